The Kier molecular flexibility index (Phi) is 6.92. The lowest BCUT2D eigenvalue weighted by atomic mass is 10.1. The molecule has 0 unspecified atom stereocenters. The number of aromatic nitrogens is 3. The summed E-state index contributed by atoms with van der Waals surface area (Å²) in [4.78, 5) is 21.2. The number of hydrogen-bond donors (Lipinski definition) is 1. The van der Waals surface area contributed by atoms with E-state index in [9.17, 15) is 21.6 Å². The van der Waals surface area contributed by atoms with Crippen LogP contribution in [-0.2, 0) is 25.6 Å². The fourth-order valence-corrected chi connectivity index (χ4v) is 5.20. The van der Waals surface area contributed by atoms with Crippen molar-refractivity contribution in [1.82, 2.24) is 18.8 Å². The summed E-state index contributed by atoms with van der Waals surface area (Å²) in [5.74, 6) is 0.00476. The lowest BCUT2D eigenvalue weighted by molar-refractivity contribution is 0.331. The van der Waals surface area contributed by atoms with E-state index in [4.69, 9.17) is 22.3 Å². The Morgan fingerprint density at radius 2 is 1.90 bits per heavy atom. The second-order valence-corrected chi connectivity index (χ2v) is 12.4. The maximum absolute atomic E-state index is 12.5. The zero-order valence-electron chi connectivity index (χ0n) is 16.1. The summed E-state index contributed by atoms with van der Waals surface area (Å²) in [5.41, 5.74) is -0.162. The van der Waals surface area contributed by atoms with E-state index >= 15 is 0 Å². The van der Waals surface area contributed by atoms with Crippen LogP contribution in [0.1, 0.15) is 19.3 Å². The third-order valence-corrected chi connectivity index (χ3v) is 7.62. The Balaban J connectivity index is 1.81. The van der Waals surface area contributed by atoms with Gasteiger partial charge in [-0.05, 0) is 25.3 Å². The van der Waals surface area contributed by atoms with E-state index in [2.05, 4.69) is 15.3 Å². The molecule has 1 fully saturated rings. The van der Waals surface area contributed by atoms with Crippen molar-refractivity contribution in [3.63, 3.8) is 0 Å². The number of nitrogens with zero attached hydrogens (tertiary/aromatic N) is 4. The molecule has 1 aliphatic heterocycles. The number of halogens is 2. The minimum atomic E-state index is -3.68. The largest absolute Gasteiger partial charge is 0.351 e. The molecule has 0 saturated carbocycles. The first-order chi connectivity index (χ1) is 13.9. The van der Waals surface area contributed by atoms with Crippen molar-refractivity contribution >= 4 is 58.3 Å². The van der Waals surface area contributed by atoms with Crippen LogP contribution in [0.4, 0.5) is 5.95 Å². The number of piperidine rings is 1. The van der Waals surface area contributed by atoms with Crippen molar-refractivity contribution in [3.05, 3.63) is 27.6 Å². The summed E-state index contributed by atoms with van der Waals surface area (Å²) in [5, 5.41) is 3.69. The van der Waals surface area contributed by atoms with Crippen molar-refractivity contribution in [1.29, 1.82) is 0 Å². The summed E-state index contributed by atoms with van der Waals surface area (Å²) in [6.07, 6.45) is 4.02. The van der Waals surface area contributed by atoms with Gasteiger partial charge in [0, 0.05) is 47.9 Å². The minimum Gasteiger partial charge on any atom is -0.351 e. The molecule has 1 saturated heterocycles. The summed E-state index contributed by atoms with van der Waals surface area (Å²) in [6, 6.07) is 1.44. The highest BCUT2D eigenvalue weighted by Crippen LogP contribution is 2.19. The second kappa shape index (κ2) is 8.95. The van der Waals surface area contributed by atoms with Crippen molar-refractivity contribution in [3.8, 4) is 0 Å². The number of nitrogens with one attached hydrogen (secondary N) is 1. The van der Waals surface area contributed by atoms with Gasteiger partial charge in [0.05, 0.1) is 12.0 Å². The number of sulfonamides is 1. The predicted octanol–water partition coefficient (Wildman–Crippen LogP) is 1.24. The number of pyridine rings is 1. The van der Waals surface area contributed by atoms with Crippen LogP contribution in [0.15, 0.2) is 17.1 Å². The van der Waals surface area contributed by atoms with Crippen molar-refractivity contribution in [2.75, 3.05) is 30.4 Å². The third-order valence-electron chi connectivity index (χ3n) is 4.81. The molecule has 10 nitrogen and oxygen atoms in total. The van der Waals surface area contributed by atoms with Crippen molar-refractivity contribution < 1.29 is 16.8 Å². The molecule has 0 bridgehead atoms. The Bertz CT molecular complexity index is 1210. The monoisotopic (exact) mass is 497 g/mol. The number of fused-ring (bicyclic) bond motifs is 1. The van der Waals surface area contributed by atoms with E-state index in [0.717, 1.165) is 0 Å². The fourth-order valence-electron chi connectivity index (χ4n) is 3.31. The first-order valence-electron chi connectivity index (χ1n) is 9.14. The smallest absolute Gasteiger partial charge is 0.270 e. The maximum atomic E-state index is 12.5. The van der Waals surface area contributed by atoms with Crippen LogP contribution < -0.4 is 10.9 Å². The van der Waals surface area contributed by atoms with Crippen LogP contribution in [-0.4, -0.2) is 66.8 Å². The van der Waals surface area contributed by atoms with E-state index in [-0.39, 0.29) is 29.8 Å². The molecule has 3 rings (SSSR count). The maximum Gasteiger partial charge on any atom is 0.270 e. The standard InChI is InChI=1S/C16H21Cl2N5O5S2/c1-29(25,26)22-6-3-12(4-7-22)20-16-19-10-11-9-13(17)15(24)23(14(11)21-16)5-2-8-30(18,27)28/h9-10,12H,2-8H2,1H3,(H,19,20,21). The first-order valence-corrected chi connectivity index (χ1v) is 13.8. The summed E-state index contributed by atoms with van der Waals surface area (Å²) < 4.78 is 48.3. The minimum absolute atomic E-state index is 0.0192. The van der Waals surface area contributed by atoms with Crippen LogP contribution in [0.25, 0.3) is 11.0 Å². The van der Waals surface area contributed by atoms with E-state index < -0.39 is 24.6 Å². The molecule has 0 spiro atoms. The molecule has 1 aliphatic rings. The van der Waals surface area contributed by atoms with E-state index in [1.807, 2.05) is 0 Å². The molecule has 0 aromatic carbocycles. The molecule has 30 heavy (non-hydrogen) atoms. The molecule has 0 amide bonds. The molecule has 0 aliphatic carbocycles. The van der Waals surface area contributed by atoms with Crippen molar-refractivity contribution in [2.45, 2.75) is 31.8 Å². The fraction of sp³-hybridized carbons (Fsp3) is 0.562. The van der Waals surface area contributed by atoms with Crippen LogP contribution in [0.2, 0.25) is 5.02 Å². The Morgan fingerprint density at radius 1 is 1.23 bits per heavy atom. The Hall–Kier alpha value is -1.47. The Labute approximate surface area is 183 Å². The van der Waals surface area contributed by atoms with Crippen LogP contribution in [0.3, 0.4) is 0 Å². The van der Waals surface area contributed by atoms with E-state index in [1.54, 1.807) is 0 Å². The average molecular weight is 498 g/mol. The van der Waals surface area contributed by atoms with Crippen LogP contribution in [0.5, 0.6) is 0 Å². The quantitative estimate of drug-likeness (QED) is 0.565. The van der Waals surface area contributed by atoms with Gasteiger partial charge in [0.2, 0.25) is 25.0 Å². The highest BCUT2D eigenvalue weighted by molar-refractivity contribution is 8.13. The van der Waals surface area contributed by atoms with Gasteiger partial charge in [0.25, 0.3) is 5.56 Å². The van der Waals surface area contributed by atoms with Gasteiger partial charge in [-0.3, -0.25) is 9.36 Å². The first kappa shape index (κ1) is 23.2. The van der Waals surface area contributed by atoms with Gasteiger partial charge in [-0.2, -0.15) is 4.98 Å². The predicted molar refractivity (Wildman–Crippen MR) is 116 cm³/mol. The zero-order valence-corrected chi connectivity index (χ0v) is 19.2. The molecule has 14 heteroatoms. The van der Waals surface area contributed by atoms with Gasteiger partial charge in [-0.15, -0.1) is 0 Å². The highest BCUT2D eigenvalue weighted by Gasteiger charge is 2.25. The molecular formula is C16H21Cl2N5O5S2. The molecule has 0 radical (unpaired) electrons. The number of aryl methyl sites for hydroxylation is 1. The van der Waals surface area contributed by atoms with Crippen LogP contribution in [0, 0.1) is 0 Å². The lowest BCUT2D eigenvalue weighted by Gasteiger charge is -2.30. The SMILES string of the molecule is CS(=O)(=O)N1CCC(Nc2ncc3cc(Cl)c(=O)n(CCCS(=O)(=O)Cl)c3n2)CC1. The molecular weight excluding hydrogens is 477 g/mol. The van der Waals surface area contributed by atoms with Crippen molar-refractivity contribution in [2.24, 2.45) is 0 Å². The summed E-state index contributed by atoms with van der Waals surface area (Å²) >= 11 is 6.00. The topological polar surface area (TPSA) is 131 Å². The van der Waals surface area contributed by atoms with Gasteiger partial charge in [0.15, 0.2) is 0 Å². The molecule has 0 atom stereocenters. The Morgan fingerprint density at radius 3 is 2.50 bits per heavy atom. The summed E-state index contributed by atoms with van der Waals surface area (Å²) in [7, 11) is -1.65. The third kappa shape index (κ3) is 5.82. The zero-order chi connectivity index (χ0) is 22.1. The normalized spacial score (nSPS) is 16.8. The van der Waals surface area contributed by atoms with Gasteiger partial charge in [-0.25, -0.2) is 26.1 Å². The lowest BCUT2D eigenvalue weighted by Crippen LogP contribution is -2.42. The van der Waals surface area contributed by atoms with Gasteiger partial charge in [0.1, 0.15) is 10.7 Å². The number of rotatable bonds is 7. The van der Waals surface area contributed by atoms with E-state index in [0.29, 0.717) is 42.9 Å². The summed E-state index contributed by atoms with van der Waals surface area (Å²) in [6.45, 7) is 0.875. The number of anilines is 1. The molecule has 3 heterocycles. The van der Waals surface area contributed by atoms with Crippen LogP contribution >= 0.6 is 22.3 Å². The van der Waals surface area contributed by atoms with Gasteiger partial charge in [-0.1, -0.05) is 11.6 Å². The number of hydrogen-bond acceptors (Lipinski definition) is 8. The second-order valence-electron chi connectivity index (χ2n) is 7.10. The molecule has 2 aromatic heterocycles. The van der Waals surface area contributed by atoms with Gasteiger partial charge < -0.3 is 5.32 Å². The molecule has 2 aromatic rings. The molecule has 1 N–H and O–H groups in total. The molecule has 166 valence electrons. The van der Waals surface area contributed by atoms with E-state index in [1.165, 1.54) is 27.4 Å². The van der Waals surface area contributed by atoms with Gasteiger partial charge >= 0.3 is 0 Å². The highest BCUT2D eigenvalue weighted by atomic mass is 35.7. The average Bonchev–Trinajstić information content (AvgIpc) is 2.64.